The van der Waals surface area contributed by atoms with Crippen molar-refractivity contribution in [1.82, 2.24) is 10.6 Å². The molecule has 0 aromatic rings. The van der Waals surface area contributed by atoms with Gasteiger partial charge in [0.05, 0.1) is 5.92 Å². The molecule has 2 N–H and O–H groups in total. The highest BCUT2D eigenvalue weighted by Crippen LogP contribution is 2.57. The summed E-state index contributed by atoms with van der Waals surface area (Å²) in [5, 5.41) is 6.97. The average Bonchev–Trinajstić information content (AvgIpc) is 2.56. The summed E-state index contributed by atoms with van der Waals surface area (Å²) in [6.07, 6.45) is 18.1. The fourth-order valence-corrected chi connectivity index (χ4v) is 9.99. The highest BCUT2D eigenvalue weighted by molar-refractivity contribution is 5.98. The minimum Gasteiger partial charge on any atom is -0.350 e. The first-order valence-electron chi connectivity index (χ1n) is 12.8. The number of hydrogen-bond acceptors (Lipinski definition) is 2. The molecule has 0 spiro atoms. The van der Waals surface area contributed by atoms with Crippen LogP contribution in [-0.2, 0) is 9.59 Å². The third-order valence-corrected chi connectivity index (χ3v) is 10.3. The van der Waals surface area contributed by atoms with Crippen LogP contribution in [-0.4, -0.2) is 22.9 Å². The van der Waals surface area contributed by atoms with Gasteiger partial charge in [0.2, 0.25) is 11.8 Å². The second-order valence-corrected chi connectivity index (χ2v) is 12.8. The number of carbonyl (C=O) groups excluding carboxylic acids is 2. The Morgan fingerprint density at radius 3 is 1.43 bits per heavy atom. The molecule has 30 heavy (non-hydrogen) atoms. The van der Waals surface area contributed by atoms with Crippen LogP contribution < -0.4 is 10.6 Å². The Kier molecular flexibility index (Phi) is 3.74. The van der Waals surface area contributed by atoms with E-state index in [1.165, 1.54) is 77.0 Å². The second kappa shape index (κ2) is 6.13. The minimum atomic E-state index is -0.0879. The Hall–Kier alpha value is -1.32. The minimum absolute atomic E-state index is 0.0687. The fourth-order valence-electron chi connectivity index (χ4n) is 9.99. The predicted molar refractivity (Wildman–Crippen MR) is 114 cm³/mol. The van der Waals surface area contributed by atoms with Crippen LogP contribution in [0.4, 0.5) is 0 Å². The van der Waals surface area contributed by atoms with Gasteiger partial charge in [0.1, 0.15) is 0 Å². The molecule has 0 heterocycles. The molecular formula is C26H36N2O2. The van der Waals surface area contributed by atoms with Gasteiger partial charge in [-0.3, -0.25) is 9.59 Å². The van der Waals surface area contributed by atoms with Crippen molar-refractivity contribution >= 4 is 11.8 Å². The molecule has 4 nitrogen and oxygen atoms in total. The van der Waals surface area contributed by atoms with Gasteiger partial charge in [0, 0.05) is 16.7 Å². The summed E-state index contributed by atoms with van der Waals surface area (Å²) in [5.74, 6) is 5.26. The van der Waals surface area contributed by atoms with Crippen LogP contribution in [0.2, 0.25) is 0 Å². The monoisotopic (exact) mass is 408 g/mol. The molecule has 9 rings (SSSR count). The van der Waals surface area contributed by atoms with Crippen molar-refractivity contribution in [3.63, 3.8) is 0 Å². The third-order valence-electron chi connectivity index (χ3n) is 10.3. The highest BCUT2D eigenvalue weighted by atomic mass is 16.2. The first-order chi connectivity index (χ1) is 14.4. The van der Waals surface area contributed by atoms with Gasteiger partial charge in [-0.1, -0.05) is 6.08 Å². The smallest absolute Gasteiger partial charge is 0.247 e. The quantitative estimate of drug-likeness (QED) is 0.736. The van der Waals surface area contributed by atoms with E-state index in [4.69, 9.17) is 0 Å². The van der Waals surface area contributed by atoms with Crippen molar-refractivity contribution in [1.29, 1.82) is 0 Å². The van der Waals surface area contributed by atoms with Crippen LogP contribution in [0.15, 0.2) is 11.6 Å². The van der Waals surface area contributed by atoms with Crippen LogP contribution in [0.1, 0.15) is 83.5 Å². The Bertz CT molecular complexity index is 756. The molecule has 2 amide bonds. The summed E-state index contributed by atoms with van der Waals surface area (Å²) in [7, 11) is 0. The Morgan fingerprint density at radius 2 is 1.03 bits per heavy atom. The number of rotatable bonds is 4. The van der Waals surface area contributed by atoms with Crippen molar-refractivity contribution in [2.75, 3.05) is 0 Å². The molecule has 0 radical (unpaired) electrons. The van der Waals surface area contributed by atoms with Gasteiger partial charge < -0.3 is 10.6 Å². The van der Waals surface area contributed by atoms with Crippen molar-refractivity contribution in [3.8, 4) is 0 Å². The lowest BCUT2D eigenvalue weighted by Crippen LogP contribution is -2.61. The summed E-state index contributed by atoms with van der Waals surface area (Å²) < 4.78 is 0. The Labute approximate surface area is 180 Å². The van der Waals surface area contributed by atoms with Gasteiger partial charge >= 0.3 is 0 Å². The second-order valence-electron chi connectivity index (χ2n) is 12.8. The lowest BCUT2D eigenvalue weighted by Gasteiger charge is -2.57. The Morgan fingerprint density at radius 1 is 0.667 bits per heavy atom. The lowest BCUT2D eigenvalue weighted by atomic mass is 9.53. The number of amides is 2. The first kappa shape index (κ1) is 18.3. The zero-order chi connectivity index (χ0) is 20.1. The van der Waals surface area contributed by atoms with E-state index in [0.29, 0.717) is 6.42 Å². The summed E-state index contributed by atoms with van der Waals surface area (Å²) in [6, 6.07) is 0. The normalized spacial score (nSPS) is 52.0. The summed E-state index contributed by atoms with van der Waals surface area (Å²) >= 11 is 0. The van der Waals surface area contributed by atoms with Crippen LogP contribution in [0.5, 0.6) is 0 Å². The topological polar surface area (TPSA) is 58.2 Å². The van der Waals surface area contributed by atoms with Crippen molar-refractivity contribution < 1.29 is 9.59 Å². The van der Waals surface area contributed by atoms with Gasteiger partial charge in [-0.15, -0.1) is 0 Å². The largest absolute Gasteiger partial charge is 0.350 e. The third kappa shape index (κ3) is 2.84. The highest BCUT2D eigenvalue weighted by Gasteiger charge is 2.53. The van der Waals surface area contributed by atoms with E-state index >= 15 is 0 Å². The summed E-state index contributed by atoms with van der Waals surface area (Å²) in [6.45, 7) is 0. The molecule has 4 heteroatoms. The van der Waals surface area contributed by atoms with E-state index in [9.17, 15) is 9.59 Å². The maximum absolute atomic E-state index is 13.0. The number of nitrogens with one attached hydrogen (secondary N) is 2. The molecule has 0 aromatic heterocycles. The van der Waals surface area contributed by atoms with E-state index in [-0.39, 0.29) is 28.8 Å². The van der Waals surface area contributed by atoms with Crippen LogP contribution >= 0.6 is 0 Å². The number of hydrogen-bond donors (Lipinski definition) is 2. The summed E-state index contributed by atoms with van der Waals surface area (Å²) in [5.41, 5.74) is 1.01. The lowest BCUT2D eigenvalue weighted by molar-refractivity contribution is -0.130. The molecule has 9 aliphatic rings. The average molecular weight is 409 g/mol. The van der Waals surface area contributed by atoms with Gasteiger partial charge in [0.15, 0.2) is 0 Å². The molecule has 0 aliphatic heterocycles. The zero-order valence-corrected chi connectivity index (χ0v) is 18.1. The maximum Gasteiger partial charge on any atom is 0.247 e. The van der Waals surface area contributed by atoms with Crippen LogP contribution in [0.25, 0.3) is 0 Å². The molecule has 0 saturated heterocycles. The SMILES string of the molecule is O=C(NC12CC3CC(CC(C3)C1)C2)C1=CC(C(=O)NC23CC4CC(CC(C4)C2)C3)C1. The predicted octanol–water partition coefficient (Wildman–Crippen LogP) is 4.10. The molecule has 1 atom stereocenters. The van der Waals surface area contributed by atoms with E-state index in [1.807, 2.05) is 6.08 Å². The van der Waals surface area contributed by atoms with Gasteiger partial charge in [-0.2, -0.15) is 0 Å². The first-order valence-corrected chi connectivity index (χ1v) is 12.8. The van der Waals surface area contributed by atoms with Crippen molar-refractivity contribution in [2.45, 2.75) is 94.5 Å². The number of carbonyl (C=O) groups is 2. The van der Waals surface area contributed by atoms with E-state index in [1.54, 1.807) is 0 Å². The maximum atomic E-state index is 13.0. The van der Waals surface area contributed by atoms with E-state index < -0.39 is 0 Å². The fraction of sp³-hybridized carbons (Fsp3) is 0.846. The molecule has 9 aliphatic carbocycles. The van der Waals surface area contributed by atoms with Gasteiger partial charge in [-0.25, -0.2) is 0 Å². The van der Waals surface area contributed by atoms with Crippen molar-refractivity contribution in [3.05, 3.63) is 11.6 Å². The van der Waals surface area contributed by atoms with Crippen LogP contribution in [0, 0.1) is 41.4 Å². The van der Waals surface area contributed by atoms with Crippen molar-refractivity contribution in [2.24, 2.45) is 41.4 Å². The van der Waals surface area contributed by atoms with Gasteiger partial charge in [-0.05, 0) is 119 Å². The zero-order valence-electron chi connectivity index (χ0n) is 18.1. The van der Waals surface area contributed by atoms with Crippen LogP contribution in [0.3, 0.4) is 0 Å². The molecule has 8 bridgehead atoms. The summed E-state index contributed by atoms with van der Waals surface area (Å²) in [4.78, 5) is 26.0. The van der Waals surface area contributed by atoms with Gasteiger partial charge in [0.25, 0.3) is 0 Å². The molecule has 8 fully saturated rings. The molecular weight excluding hydrogens is 372 g/mol. The molecule has 8 saturated carbocycles. The molecule has 0 aromatic carbocycles. The molecule has 1 unspecified atom stereocenters. The standard InChI is InChI=1S/C26H36N2O2/c29-23(27-25-9-15-1-16(10-25)3-17(2-15)11-25)21-7-22(8-21)24(30)28-26-12-18-4-19(13-26)6-20(5-18)14-26/h7,15-21H,1-6,8-14H2,(H,27,29)(H,28,30). The Balaban J connectivity index is 0.989. The van der Waals surface area contributed by atoms with E-state index in [0.717, 1.165) is 41.1 Å². The van der Waals surface area contributed by atoms with E-state index in [2.05, 4.69) is 10.6 Å². The molecule has 162 valence electrons.